The number of carbonyl (C=O) groups is 1. The molecule has 0 fully saturated rings. The summed E-state index contributed by atoms with van der Waals surface area (Å²) in [6.45, 7) is 3.15. The molecular formula is C33H32FN7O2. The topological polar surface area (TPSA) is 112 Å². The first-order chi connectivity index (χ1) is 20.9. The maximum Gasteiger partial charge on any atom is 0.224 e. The molecule has 0 atom stereocenters. The predicted octanol–water partition coefficient (Wildman–Crippen LogP) is 6.65. The van der Waals surface area contributed by atoms with Crippen LogP contribution in [0.25, 0.3) is 55.4 Å². The number of amides is 1. The number of benzene rings is 2. The molecule has 0 bridgehead atoms. The highest BCUT2D eigenvalue weighted by molar-refractivity contribution is 6.01. The van der Waals surface area contributed by atoms with Gasteiger partial charge in [-0.25, -0.2) is 4.39 Å². The number of nitrogens with one attached hydrogen (secondary N) is 3. The van der Waals surface area contributed by atoms with Crippen LogP contribution < -0.4 is 10.1 Å². The largest absolute Gasteiger partial charge is 0.492 e. The molecule has 6 aromatic rings. The molecule has 1 amide bonds. The van der Waals surface area contributed by atoms with E-state index in [-0.39, 0.29) is 11.7 Å². The molecule has 43 heavy (non-hydrogen) atoms. The van der Waals surface area contributed by atoms with Crippen molar-refractivity contribution in [2.24, 2.45) is 0 Å². The van der Waals surface area contributed by atoms with Gasteiger partial charge in [0.2, 0.25) is 5.91 Å². The van der Waals surface area contributed by atoms with Crippen LogP contribution in [0.5, 0.6) is 5.75 Å². The lowest BCUT2D eigenvalue weighted by atomic mass is 10.0. The minimum atomic E-state index is -0.376. The Bertz CT molecular complexity index is 1930. The summed E-state index contributed by atoms with van der Waals surface area (Å²) in [6.07, 6.45) is 8.14. The molecule has 218 valence electrons. The summed E-state index contributed by atoms with van der Waals surface area (Å²) >= 11 is 0. The lowest BCUT2D eigenvalue weighted by Gasteiger charge is -2.12. The van der Waals surface area contributed by atoms with E-state index in [4.69, 9.17) is 4.74 Å². The van der Waals surface area contributed by atoms with Crippen molar-refractivity contribution in [1.82, 2.24) is 30.0 Å². The van der Waals surface area contributed by atoms with E-state index in [2.05, 4.69) is 36.5 Å². The number of carbonyl (C=O) groups excluding carboxylic acids is 1. The number of likely N-dealkylation sites (N-methyl/N-ethyl adjacent to an activating group) is 1. The van der Waals surface area contributed by atoms with Crippen LogP contribution in [-0.2, 0) is 4.79 Å². The fourth-order valence-corrected chi connectivity index (χ4v) is 5.07. The third-order valence-electron chi connectivity index (χ3n) is 7.19. The fraction of sp³-hybridized carbons (Fsp3) is 0.212. The van der Waals surface area contributed by atoms with E-state index < -0.39 is 0 Å². The molecule has 0 spiro atoms. The van der Waals surface area contributed by atoms with Crippen molar-refractivity contribution in [3.8, 4) is 39.4 Å². The van der Waals surface area contributed by atoms with Crippen LogP contribution in [0.1, 0.15) is 19.8 Å². The number of pyridine rings is 2. The zero-order chi connectivity index (χ0) is 29.9. The monoisotopic (exact) mass is 577 g/mol. The molecule has 0 aliphatic rings. The summed E-state index contributed by atoms with van der Waals surface area (Å²) in [5.74, 6) is 0.0614. The maximum absolute atomic E-state index is 14.6. The number of ether oxygens (including phenoxy) is 1. The van der Waals surface area contributed by atoms with Crippen LogP contribution in [0.4, 0.5) is 10.1 Å². The van der Waals surface area contributed by atoms with E-state index in [1.807, 2.05) is 56.3 Å². The Morgan fingerprint density at radius 2 is 1.79 bits per heavy atom. The van der Waals surface area contributed by atoms with Gasteiger partial charge in [-0.2, -0.15) is 5.10 Å². The third-order valence-corrected chi connectivity index (χ3v) is 7.19. The number of H-pyrrole nitrogens is 2. The number of halogens is 1. The number of fused-ring (bicyclic) bond motifs is 2. The van der Waals surface area contributed by atoms with E-state index in [0.29, 0.717) is 30.0 Å². The molecule has 3 N–H and O–H groups in total. The first-order valence-corrected chi connectivity index (χ1v) is 14.2. The van der Waals surface area contributed by atoms with Crippen molar-refractivity contribution in [3.63, 3.8) is 0 Å². The van der Waals surface area contributed by atoms with Gasteiger partial charge in [-0.3, -0.25) is 19.9 Å². The molecule has 0 saturated carbocycles. The molecule has 0 aliphatic carbocycles. The van der Waals surface area contributed by atoms with Crippen molar-refractivity contribution < 1.29 is 13.9 Å². The molecule has 0 radical (unpaired) electrons. The second kappa shape index (κ2) is 12.0. The molecule has 4 heterocycles. The highest BCUT2D eigenvalue weighted by Gasteiger charge is 2.16. The summed E-state index contributed by atoms with van der Waals surface area (Å²) in [6, 6.07) is 14.7. The van der Waals surface area contributed by atoms with Gasteiger partial charge in [-0.05, 0) is 68.0 Å². The summed E-state index contributed by atoms with van der Waals surface area (Å²) in [4.78, 5) is 26.3. The van der Waals surface area contributed by atoms with Gasteiger partial charge in [0.25, 0.3) is 0 Å². The first-order valence-electron chi connectivity index (χ1n) is 14.2. The Hall–Kier alpha value is -5.09. The molecule has 0 unspecified atom stereocenters. The SMILES string of the molecule is CCCC(=O)Nc1cncc(-c2ccc3[nH]nc(-c4cc5c(-c6cc(F)cc(OCCN(C)C)c6)cncc5[nH]4)c3c2)c1. The van der Waals surface area contributed by atoms with Gasteiger partial charge < -0.3 is 19.9 Å². The van der Waals surface area contributed by atoms with E-state index in [1.165, 1.54) is 12.1 Å². The Morgan fingerprint density at radius 3 is 2.63 bits per heavy atom. The molecule has 2 aromatic carbocycles. The predicted molar refractivity (Wildman–Crippen MR) is 167 cm³/mol. The Balaban J connectivity index is 1.35. The second-order valence-electron chi connectivity index (χ2n) is 10.8. The lowest BCUT2D eigenvalue weighted by Crippen LogP contribution is -2.19. The number of hydrogen-bond donors (Lipinski definition) is 3. The van der Waals surface area contributed by atoms with Crippen LogP contribution in [0.3, 0.4) is 0 Å². The smallest absolute Gasteiger partial charge is 0.224 e. The van der Waals surface area contributed by atoms with Gasteiger partial charge in [0, 0.05) is 53.3 Å². The molecule has 10 heteroatoms. The molecule has 0 saturated heterocycles. The molecule has 9 nitrogen and oxygen atoms in total. The number of aromatic amines is 2. The van der Waals surface area contributed by atoms with Crippen LogP contribution in [0, 0.1) is 5.82 Å². The average Bonchev–Trinajstić information content (AvgIpc) is 3.60. The minimum Gasteiger partial charge on any atom is -0.492 e. The highest BCUT2D eigenvalue weighted by Crippen LogP contribution is 2.36. The normalized spacial score (nSPS) is 11.5. The van der Waals surface area contributed by atoms with Crippen molar-refractivity contribution in [1.29, 1.82) is 0 Å². The Labute approximate surface area is 248 Å². The van der Waals surface area contributed by atoms with Crippen LogP contribution >= 0.6 is 0 Å². The van der Waals surface area contributed by atoms with Crippen molar-refractivity contribution in [2.75, 3.05) is 32.6 Å². The van der Waals surface area contributed by atoms with Crippen molar-refractivity contribution >= 4 is 33.4 Å². The lowest BCUT2D eigenvalue weighted by molar-refractivity contribution is -0.116. The number of hydrogen-bond acceptors (Lipinski definition) is 6. The van der Waals surface area contributed by atoms with Gasteiger partial charge in [0.1, 0.15) is 23.9 Å². The highest BCUT2D eigenvalue weighted by atomic mass is 19.1. The summed E-state index contributed by atoms with van der Waals surface area (Å²) < 4.78 is 20.5. The summed E-state index contributed by atoms with van der Waals surface area (Å²) in [5, 5.41) is 12.5. The summed E-state index contributed by atoms with van der Waals surface area (Å²) in [5.41, 5.74) is 7.15. The number of aromatic nitrogens is 5. The van der Waals surface area contributed by atoms with Crippen molar-refractivity contribution in [2.45, 2.75) is 19.8 Å². The number of nitrogens with zero attached hydrogens (tertiary/aromatic N) is 4. The van der Waals surface area contributed by atoms with Gasteiger partial charge in [0.05, 0.1) is 34.8 Å². The average molecular weight is 578 g/mol. The van der Waals surface area contributed by atoms with Gasteiger partial charge >= 0.3 is 0 Å². The Kier molecular flexibility index (Phi) is 7.84. The fourth-order valence-electron chi connectivity index (χ4n) is 5.07. The maximum atomic E-state index is 14.6. The third kappa shape index (κ3) is 6.09. The zero-order valence-electron chi connectivity index (χ0n) is 24.2. The number of rotatable bonds is 10. The van der Waals surface area contributed by atoms with Gasteiger partial charge in [0.15, 0.2) is 0 Å². The Morgan fingerprint density at radius 1 is 0.930 bits per heavy atom. The van der Waals surface area contributed by atoms with Crippen LogP contribution in [-0.4, -0.2) is 63.2 Å². The minimum absolute atomic E-state index is 0.0342. The van der Waals surface area contributed by atoms with Gasteiger partial charge in [-0.1, -0.05) is 13.0 Å². The standard InChI is InChI=1S/C33H32FN7O2/c1-4-5-32(42)37-24-11-22(16-35-17-24)20-6-7-29-27(13-20)33(40-39-29)30-15-26-28(18-36-19-31(26)38-30)21-10-23(34)14-25(12-21)43-9-8-41(2)3/h6-7,10-19,38H,4-5,8-9H2,1-3H3,(H,37,42)(H,39,40). The van der Waals surface area contributed by atoms with Crippen LogP contribution in [0.2, 0.25) is 0 Å². The zero-order valence-corrected chi connectivity index (χ0v) is 24.2. The molecule has 4 aromatic heterocycles. The molecule has 6 rings (SSSR count). The van der Waals surface area contributed by atoms with Gasteiger partial charge in [-0.15, -0.1) is 0 Å². The van der Waals surface area contributed by atoms with Crippen molar-refractivity contribution in [3.05, 3.63) is 79.1 Å². The quantitative estimate of drug-likeness (QED) is 0.168. The molecular weight excluding hydrogens is 545 g/mol. The number of anilines is 1. The van der Waals surface area contributed by atoms with E-state index in [1.54, 1.807) is 24.8 Å². The first kappa shape index (κ1) is 28.0. The summed E-state index contributed by atoms with van der Waals surface area (Å²) in [7, 11) is 3.93. The second-order valence-corrected chi connectivity index (χ2v) is 10.8. The van der Waals surface area contributed by atoms with E-state index in [9.17, 15) is 9.18 Å². The molecule has 0 aliphatic heterocycles. The van der Waals surface area contributed by atoms with E-state index >= 15 is 0 Å². The van der Waals surface area contributed by atoms with E-state index in [0.717, 1.165) is 62.8 Å². The van der Waals surface area contributed by atoms with Crippen LogP contribution in [0.15, 0.2) is 73.3 Å².